The zero-order valence-corrected chi connectivity index (χ0v) is 6.31. The summed E-state index contributed by atoms with van der Waals surface area (Å²) >= 11 is 0. The van der Waals surface area contributed by atoms with Crippen LogP contribution in [0.3, 0.4) is 0 Å². The van der Waals surface area contributed by atoms with Crippen LogP contribution in [0.4, 0.5) is 0 Å². The molecule has 0 fully saturated rings. The predicted octanol–water partition coefficient (Wildman–Crippen LogP) is 1.18. The molecule has 2 atom stereocenters. The van der Waals surface area contributed by atoms with Crippen molar-refractivity contribution in [1.29, 1.82) is 0 Å². The van der Waals surface area contributed by atoms with Crippen LogP contribution in [0.5, 0.6) is 0 Å². The summed E-state index contributed by atoms with van der Waals surface area (Å²) < 4.78 is 0. The first kappa shape index (κ1) is 6.25. The van der Waals surface area contributed by atoms with E-state index in [2.05, 4.69) is 22.9 Å². The fraction of sp³-hybridized carbons (Fsp3) is 1.00. The van der Waals surface area contributed by atoms with E-state index in [0.29, 0.717) is 0 Å². The highest BCUT2D eigenvalue weighted by Crippen LogP contribution is 2.47. The summed E-state index contributed by atoms with van der Waals surface area (Å²) in [5, 5.41) is 3.02. The van der Waals surface area contributed by atoms with E-state index in [1.165, 1.54) is 0 Å². The van der Waals surface area contributed by atoms with Crippen LogP contribution in [-0.2, 0) is 0 Å². The number of hydrogen-bond acceptors (Lipinski definition) is 1. The van der Waals surface area contributed by atoms with Gasteiger partial charge in [0.25, 0.3) is 0 Å². The lowest BCUT2D eigenvalue weighted by atomic mass is 11.6. The van der Waals surface area contributed by atoms with Gasteiger partial charge < -0.3 is 0 Å². The van der Waals surface area contributed by atoms with E-state index in [4.69, 9.17) is 0 Å². The molecule has 0 saturated carbocycles. The Balaban J connectivity index is 2.54. The molecule has 2 unspecified atom stereocenters. The molecule has 5 heavy (non-hydrogen) atoms. The Kier molecular flexibility index (Phi) is 4.30. The van der Waals surface area contributed by atoms with Gasteiger partial charge in [0.1, 0.15) is 0 Å². The molecule has 0 aliphatic rings. The van der Waals surface area contributed by atoms with Crippen LogP contribution in [0.25, 0.3) is 0 Å². The Morgan fingerprint density at radius 1 is 1.60 bits per heavy atom. The zero-order chi connectivity index (χ0) is 4.28. The zero-order valence-electron chi connectivity index (χ0n) is 3.10. The lowest BCUT2D eigenvalue weighted by Gasteiger charge is -1.95. The Bertz CT molecular complexity index is 20.9. The van der Waals surface area contributed by atoms with Crippen LogP contribution >= 0.6 is 25.3 Å². The van der Waals surface area contributed by atoms with Crippen molar-refractivity contribution in [2.24, 2.45) is 0 Å². The summed E-state index contributed by atoms with van der Waals surface area (Å²) in [6.45, 7) is 0. The van der Waals surface area contributed by atoms with Crippen molar-refractivity contribution in [3.8, 4) is 0 Å². The van der Waals surface area contributed by atoms with Crippen molar-refractivity contribution in [3.63, 3.8) is 0 Å². The molecule has 1 nitrogen and oxygen atoms in total. The molecule has 0 amide bonds. The second-order valence-electron chi connectivity index (χ2n) is 0.631. The lowest BCUT2D eigenvalue weighted by molar-refractivity contribution is 1.30. The average Bonchev–Trinajstić information content (AvgIpc) is 1.38. The van der Waals surface area contributed by atoms with Crippen LogP contribution < -0.4 is 5.09 Å². The lowest BCUT2D eigenvalue weighted by Crippen LogP contribution is -1.83. The first-order chi connectivity index (χ1) is 2.27. The van der Waals surface area contributed by atoms with Gasteiger partial charge in [0.15, 0.2) is 0 Å². The summed E-state index contributed by atoms with van der Waals surface area (Å²) in [7, 11) is 7.22. The average molecular weight is 127 g/mol. The minimum atomic E-state index is -0.0149. The predicted molar refractivity (Wildman–Crippen MR) is 35.4 cm³/mol. The normalized spacial score (nSPS) is 9.60. The van der Waals surface area contributed by atoms with E-state index in [1.54, 1.807) is 0 Å². The Hall–Kier alpha value is 1.25. The molecule has 0 bridgehead atoms. The molecule has 0 radical (unpaired) electrons. The molecular formula is CH8NP3. The SMILES string of the molecule is CNP(P)P. The third-order valence-corrected chi connectivity index (χ3v) is 2.32. The highest BCUT2D eigenvalue weighted by Gasteiger charge is 1.76. The molecule has 0 rings (SSSR count). The molecule has 0 heterocycles. The van der Waals surface area contributed by atoms with Crippen molar-refractivity contribution < 1.29 is 0 Å². The third-order valence-electron chi connectivity index (χ3n) is 0.258. The fourth-order valence-electron chi connectivity index (χ4n) is 0. The number of hydrogen-bond donors (Lipinski definition) is 1. The second-order valence-corrected chi connectivity index (χ2v) is 7.02. The summed E-state index contributed by atoms with van der Waals surface area (Å²) in [6, 6.07) is 0. The summed E-state index contributed by atoms with van der Waals surface area (Å²) in [4.78, 5) is 0. The Morgan fingerprint density at radius 3 is 1.80 bits per heavy atom. The minimum Gasteiger partial charge on any atom is -0.293 e. The van der Waals surface area contributed by atoms with E-state index in [9.17, 15) is 0 Å². The molecular weight excluding hydrogens is 119 g/mol. The number of nitrogens with one attached hydrogen (secondary N) is 1. The van der Waals surface area contributed by atoms with Crippen LogP contribution in [0.15, 0.2) is 0 Å². The molecule has 0 spiro atoms. The molecule has 1 N–H and O–H groups in total. The Labute approximate surface area is 38.3 Å². The van der Waals surface area contributed by atoms with Crippen LogP contribution in [0, 0.1) is 0 Å². The van der Waals surface area contributed by atoms with Gasteiger partial charge in [-0.15, -0.1) is 0 Å². The van der Waals surface area contributed by atoms with Crippen molar-refractivity contribution in [1.82, 2.24) is 5.09 Å². The van der Waals surface area contributed by atoms with Crippen molar-refractivity contribution in [2.75, 3.05) is 7.05 Å². The summed E-state index contributed by atoms with van der Waals surface area (Å²) in [5.41, 5.74) is 0. The van der Waals surface area contributed by atoms with E-state index >= 15 is 0 Å². The maximum Gasteiger partial charge on any atom is -0.00127 e. The standard InChI is InChI=1S/CH8NP3/c1-2-5(3)4/h2H,3-4H2,1H3. The minimum absolute atomic E-state index is 0.0149. The smallest absolute Gasteiger partial charge is 0.00127 e. The Morgan fingerprint density at radius 2 is 1.80 bits per heavy atom. The molecule has 0 aromatic rings. The highest BCUT2D eigenvalue weighted by atomic mass is 32.4. The summed E-state index contributed by atoms with van der Waals surface area (Å²) in [6.07, 6.45) is 0. The van der Waals surface area contributed by atoms with Gasteiger partial charge in [0.05, 0.1) is 0 Å². The van der Waals surface area contributed by atoms with Crippen molar-refractivity contribution in [2.45, 2.75) is 0 Å². The molecule has 4 heteroatoms. The first-order valence-corrected chi connectivity index (χ1v) is 5.82. The van der Waals surface area contributed by atoms with Crippen molar-refractivity contribution in [3.05, 3.63) is 0 Å². The monoisotopic (exact) mass is 127 g/mol. The van der Waals surface area contributed by atoms with E-state index in [-0.39, 0.29) is 7.45 Å². The van der Waals surface area contributed by atoms with Crippen LogP contribution in [0.2, 0.25) is 0 Å². The molecule has 0 aromatic carbocycles. The van der Waals surface area contributed by atoms with Gasteiger partial charge in [-0.05, 0) is 14.5 Å². The van der Waals surface area contributed by atoms with Crippen molar-refractivity contribution >= 4 is 25.3 Å². The van der Waals surface area contributed by atoms with E-state index < -0.39 is 0 Å². The van der Waals surface area contributed by atoms with Crippen LogP contribution in [0.1, 0.15) is 0 Å². The van der Waals surface area contributed by atoms with Gasteiger partial charge >= 0.3 is 0 Å². The highest BCUT2D eigenvalue weighted by molar-refractivity contribution is 8.42. The van der Waals surface area contributed by atoms with Gasteiger partial charge in [-0.1, -0.05) is 17.9 Å². The topological polar surface area (TPSA) is 12.0 Å². The quantitative estimate of drug-likeness (QED) is 0.521. The van der Waals surface area contributed by atoms with E-state index in [1.807, 2.05) is 7.05 Å². The maximum atomic E-state index is 3.02. The van der Waals surface area contributed by atoms with Gasteiger partial charge in [-0.3, -0.25) is 5.09 Å². The second kappa shape index (κ2) is 3.44. The third kappa shape index (κ3) is 5.25. The molecule has 0 aliphatic heterocycles. The molecule has 0 saturated heterocycles. The maximum absolute atomic E-state index is 3.02. The summed E-state index contributed by atoms with van der Waals surface area (Å²) in [5.74, 6) is 0. The van der Waals surface area contributed by atoms with Crippen LogP contribution in [-0.4, -0.2) is 7.05 Å². The van der Waals surface area contributed by atoms with Gasteiger partial charge in [-0.25, -0.2) is 0 Å². The van der Waals surface area contributed by atoms with E-state index in [0.717, 1.165) is 0 Å². The van der Waals surface area contributed by atoms with Gasteiger partial charge in [-0.2, -0.15) is 0 Å². The largest absolute Gasteiger partial charge is 0.293 e. The van der Waals surface area contributed by atoms with Gasteiger partial charge in [0, 0.05) is 0 Å². The first-order valence-electron chi connectivity index (χ1n) is 1.24. The molecule has 32 valence electrons. The molecule has 0 aromatic heterocycles. The fourth-order valence-corrected chi connectivity index (χ4v) is 0. The van der Waals surface area contributed by atoms with Gasteiger partial charge in [0.2, 0.25) is 0 Å². The molecule has 0 aliphatic carbocycles. The number of rotatable bonds is 1.